The Hall–Kier alpha value is -0.0800. The molecule has 2 saturated carbocycles. The zero-order chi connectivity index (χ0) is 12.9. The van der Waals surface area contributed by atoms with Gasteiger partial charge < -0.3 is 10.2 Å². The summed E-state index contributed by atoms with van der Waals surface area (Å²) in [6.07, 6.45) is 5.61. The third-order valence-corrected chi connectivity index (χ3v) is 5.94. The van der Waals surface area contributed by atoms with Gasteiger partial charge in [-0.1, -0.05) is 27.2 Å². The lowest BCUT2D eigenvalue weighted by Gasteiger charge is -2.60. The molecule has 0 bridgehead atoms. The number of aliphatic hydroxyl groups is 2. The van der Waals surface area contributed by atoms with E-state index in [1.165, 1.54) is 12.8 Å². The molecule has 0 amide bonds. The summed E-state index contributed by atoms with van der Waals surface area (Å²) in [5.74, 6) is 0.675. The van der Waals surface area contributed by atoms with Crippen molar-refractivity contribution in [3.63, 3.8) is 0 Å². The van der Waals surface area contributed by atoms with Crippen LogP contribution in [-0.2, 0) is 0 Å². The Balaban J connectivity index is 2.37. The van der Waals surface area contributed by atoms with E-state index in [1.807, 2.05) is 6.92 Å². The van der Waals surface area contributed by atoms with Crippen molar-refractivity contribution in [3.05, 3.63) is 0 Å². The molecule has 2 aliphatic carbocycles. The van der Waals surface area contributed by atoms with Crippen LogP contribution in [0.1, 0.15) is 59.8 Å². The normalized spacial score (nSPS) is 49.8. The van der Waals surface area contributed by atoms with Crippen LogP contribution in [0, 0.1) is 22.7 Å². The molecular weight excluding hydrogens is 212 g/mol. The first-order chi connectivity index (χ1) is 7.74. The molecular formula is C15H28O2. The van der Waals surface area contributed by atoms with Gasteiger partial charge in [0.1, 0.15) is 0 Å². The highest BCUT2D eigenvalue weighted by Gasteiger charge is 2.57. The third-order valence-electron chi connectivity index (χ3n) is 5.94. The molecule has 2 nitrogen and oxygen atoms in total. The first-order valence-corrected chi connectivity index (χ1v) is 7.07. The Kier molecular flexibility index (Phi) is 3.11. The molecule has 17 heavy (non-hydrogen) atoms. The minimum absolute atomic E-state index is 0.0355. The van der Waals surface area contributed by atoms with E-state index >= 15 is 0 Å². The summed E-state index contributed by atoms with van der Waals surface area (Å²) in [6.45, 7) is 9.06. The second-order valence-electron chi connectivity index (χ2n) is 7.53. The van der Waals surface area contributed by atoms with Crippen molar-refractivity contribution in [2.45, 2.75) is 65.4 Å². The van der Waals surface area contributed by atoms with E-state index in [-0.39, 0.29) is 17.9 Å². The first-order valence-electron chi connectivity index (χ1n) is 7.07. The summed E-state index contributed by atoms with van der Waals surface area (Å²) in [7, 11) is 0. The lowest BCUT2D eigenvalue weighted by atomic mass is 9.46. The van der Waals surface area contributed by atoms with Crippen molar-refractivity contribution >= 4 is 0 Å². The van der Waals surface area contributed by atoms with E-state index in [0.29, 0.717) is 11.3 Å². The molecule has 2 heteroatoms. The van der Waals surface area contributed by atoms with Crippen molar-refractivity contribution < 1.29 is 10.2 Å². The first kappa shape index (κ1) is 13.4. The van der Waals surface area contributed by atoms with Crippen LogP contribution in [0.2, 0.25) is 0 Å². The Morgan fingerprint density at radius 1 is 1.06 bits per heavy atom. The number of hydrogen-bond acceptors (Lipinski definition) is 2. The lowest BCUT2D eigenvalue weighted by molar-refractivity contribution is -0.178. The molecule has 0 heterocycles. The van der Waals surface area contributed by atoms with Crippen LogP contribution >= 0.6 is 0 Å². The predicted molar refractivity (Wildman–Crippen MR) is 69.7 cm³/mol. The van der Waals surface area contributed by atoms with Crippen molar-refractivity contribution in [1.29, 1.82) is 0 Å². The minimum atomic E-state index is -0.687. The topological polar surface area (TPSA) is 40.5 Å². The summed E-state index contributed by atoms with van der Waals surface area (Å²) in [4.78, 5) is 0. The van der Waals surface area contributed by atoms with E-state index in [0.717, 1.165) is 19.3 Å². The fourth-order valence-electron chi connectivity index (χ4n) is 5.03. The van der Waals surface area contributed by atoms with Gasteiger partial charge in [-0.05, 0) is 49.4 Å². The highest BCUT2D eigenvalue weighted by Crippen LogP contribution is 2.61. The number of hydrogen-bond donors (Lipinski definition) is 2. The van der Waals surface area contributed by atoms with E-state index in [9.17, 15) is 10.2 Å². The second kappa shape index (κ2) is 3.96. The maximum Gasteiger partial charge on any atom is 0.0675 e. The summed E-state index contributed by atoms with van der Waals surface area (Å²) < 4.78 is 0. The summed E-state index contributed by atoms with van der Waals surface area (Å²) in [6, 6.07) is 0. The van der Waals surface area contributed by atoms with Gasteiger partial charge in [-0.15, -0.1) is 0 Å². The van der Waals surface area contributed by atoms with Crippen molar-refractivity contribution in [3.8, 4) is 0 Å². The van der Waals surface area contributed by atoms with Gasteiger partial charge >= 0.3 is 0 Å². The van der Waals surface area contributed by atoms with Crippen molar-refractivity contribution in [2.24, 2.45) is 22.7 Å². The average molecular weight is 240 g/mol. The molecule has 2 rings (SSSR count). The number of aliphatic hydroxyl groups excluding tert-OH is 1. The molecule has 2 fully saturated rings. The molecule has 0 aromatic carbocycles. The third kappa shape index (κ3) is 1.94. The van der Waals surface area contributed by atoms with Gasteiger partial charge in [-0.3, -0.25) is 0 Å². The molecule has 4 atom stereocenters. The largest absolute Gasteiger partial charge is 0.396 e. The van der Waals surface area contributed by atoms with Crippen molar-refractivity contribution in [2.75, 3.05) is 6.61 Å². The fraction of sp³-hybridized carbons (Fsp3) is 1.00. The van der Waals surface area contributed by atoms with Crippen LogP contribution in [0.3, 0.4) is 0 Å². The van der Waals surface area contributed by atoms with Crippen LogP contribution in [0.4, 0.5) is 0 Å². The molecule has 0 saturated heterocycles. The van der Waals surface area contributed by atoms with Crippen LogP contribution in [0.15, 0.2) is 0 Å². The van der Waals surface area contributed by atoms with E-state index in [1.54, 1.807) is 0 Å². The zero-order valence-corrected chi connectivity index (χ0v) is 11.8. The van der Waals surface area contributed by atoms with Gasteiger partial charge in [-0.25, -0.2) is 0 Å². The highest BCUT2D eigenvalue weighted by atomic mass is 16.3. The molecule has 2 N–H and O–H groups in total. The molecule has 0 spiro atoms. The molecule has 0 aliphatic heterocycles. The van der Waals surface area contributed by atoms with E-state index in [4.69, 9.17) is 0 Å². The predicted octanol–water partition coefficient (Wildman–Crippen LogP) is 2.97. The van der Waals surface area contributed by atoms with Crippen LogP contribution < -0.4 is 0 Å². The molecule has 2 aliphatic rings. The molecule has 100 valence electrons. The number of rotatable bonds is 1. The maximum atomic E-state index is 10.5. The van der Waals surface area contributed by atoms with Gasteiger partial charge in [0, 0.05) is 12.5 Å². The van der Waals surface area contributed by atoms with E-state index < -0.39 is 5.60 Å². The van der Waals surface area contributed by atoms with Gasteiger partial charge in [0.25, 0.3) is 0 Å². The van der Waals surface area contributed by atoms with Gasteiger partial charge in [0.15, 0.2) is 0 Å². The minimum Gasteiger partial charge on any atom is -0.396 e. The summed E-state index contributed by atoms with van der Waals surface area (Å²) in [5, 5.41) is 20.3. The van der Waals surface area contributed by atoms with Gasteiger partial charge in [0.05, 0.1) is 5.60 Å². The highest BCUT2D eigenvalue weighted by molar-refractivity contribution is 5.07. The molecule has 0 aromatic rings. The Labute approximate surface area is 105 Å². The van der Waals surface area contributed by atoms with Crippen LogP contribution in [0.25, 0.3) is 0 Å². The lowest BCUT2D eigenvalue weighted by Crippen LogP contribution is -2.58. The van der Waals surface area contributed by atoms with Gasteiger partial charge in [0.2, 0.25) is 0 Å². The maximum absolute atomic E-state index is 10.5. The standard InChI is InChI=1S/C15H28O2/c1-13(2)7-5-8-14(3)11(13)6-9-15(4,17)12(14)10-16/h11-12,16-17H,5-10H2,1-4H3/t11?,12-,14+,15-/m0/s1. The number of fused-ring (bicyclic) bond motifs is 1. The Morgan fingerprint density at radius 3 is 2.29 bits per heavy atom. The molecule has 1 unspecified atom stereocenters. The smallest absolute Gasteiger partial charge is 0.0675 e. The summed E-state index contributed by atoms with van der Waals surface area (Å²) in [5.41, 5.74) is -0.220. The fourth-order valence-corrected chi connectivity index (χ4v) is 5.03. The monoisotopic (exact) mass is 240 g/mol. The average Bonchev–Trinajstić information content (AvgIpc) is 2.14. The zero-order valence-electron chi connectivity index (χ0n) is 11.8. The SMILES string of the molecule is CC1(C)CCC[C@]2(C)C1CC[C@](C)(O)[C@H]2CO. The van der Waals surface area contributed by atoms with Crippen LogP contribution in [0.5, 0.6) is 0 Å². The second-order valence-corrected chi connectivity index (χ2v) is 7.53. The quantitative estimate of drug-likeness (QED) is 0.740. The van der Waals surface area contributed by atoms with Crippen molar-refractivity contribution in [1.82, 2.24) is 0 Å². The molecule has 0 radical (unpaired) electrons. The molecule has 0 aromatic heterocycles. The Bertz CT molecular complexity index is 283. The Morgan fingerprint density at radius 2 is 1.71 bits per heavy atom. The van der Waals surface area contributed by atoms with Gasteiger partial charge in [-0.2, -0.15) is 0 Å². The summed E-state index contributed by atoms with van der Waals surface area (Å²) >= 11 is 0. The van der Waals surface area contributed by atoms with E-state index in [2.05, 4.69) is 20.8 Å². The van der Waals surface area contributed by atoms with Crippen LogP contribution in [-0.4, -0.2) is 22.4 Å².